The van der Waals surface area contributed by atoms with Crippen molar-refractivity contribution in [3.05, 3.63) is 69.1 Å². The number of nitrogens with zero attached hydrogens (tertiary/aromatic N) is 8. The summed E-state index contributed by atoms with van der Waals surface area (Å²) in [4.78, 5) is 68.1. The molecule has 0 aliphatic carbocycles. The summed E-state index contributed by atoms with van der Waals surface area (Å²) in [5, 5.41) is 14.3. The van der Waals surface area contributed by atoms with Crippen LogP contribution in [0.4, 0.5) is 21.8 Å². The normalized spacial score (nSPS) is 20.4. The number of halogens is 2. The van der Waals surface area contributed by atoms with Gasteiger partial charge in [0.25, 0.3) is 11.5 Å². The summed E-state index contributed by atoms with van der Waals surface area (Å²) in [6.45, 7) is 10.0. The lowest BCUT2D eigenvalue weighted by Gasteiger charge is -2.41. The summed E-state index contributed by atoms with van der Waals surface area (Å²) in [7, 11) is 3.21. The predicted molar refractivity (Wildman–Crippen MR) is 230 cm³/mol. The summed E-state index contributed by atoms with van der Waals surface area (Å²) < 4.78 is 24.9. The standard InChI is InChI=1S/C43H51ClFN11O5/c1-23(2)56-40-27(17-33(42(56)60)61-22-35(58)46-4)16-28(18-47-40)49-39-32(44)19-48-43(51-39)55-15-12-26(24(3)20-55)21-54-13-10-25(11-14-54)29-6-7-30-37(52-53(5)38(30)36(29)45)31-8-9-34(57)50-41(31)59/h6-7,16-19,23-26,31H,8-15,20-22H2,1-5H3,(H,46,58)(H,48,49,51)(H,50,57,59)/t24-,26-,31?/m1/s1. The van der Waals surface area contributed by atoms with Gasteiger partial charge in [0.1, 0.15) is 16.2 Å². The number of nitrogens with one attached hydrogen (secondary N) is 3. The van der Waals surface area contributed by atoms with Crippen LogP contribution in [0.15, 0.2) is 41.5 Å². The Balaban J connectivity index is 0.888. The van der Waals surface area contributed by atoms with Crippen molar-refractivity contribution < 1.29 is 23.5 Å². The fraction of sp³-hybridized carbons (Fsp3) is 0.488. The molecule has 18 heteroatoms. The van der Waals surface area contributed by atoms with Gasteiger partial charge in [0.15, 0.2) is 24.0 Å². The van der Waals surface area contributed by atoms with Gasteiger partial charge in [0.2, 0.25) is 17.8 Å². The fourth-order valence-electron chi connectivity index (χ4n) is 9.10. The molecule has 1 unspecified atom stereocenters. The van der Waals surface area contributed by atoms with E-state index >= 15 is 4.39 Å². The van der Waals surface area contributed by atoms with Crippen LogP contribution in [0.5, 0.6) is 5.75 Å². The second kappa shape index (κ2) is 17.4. The Hall–Kier alpha value is -5.68. The molecule has 5 aromatic rings. The molecule has 3 atom stereocenters. The summed E-state index contributed by atoms with van der Waals surface area (Å²) in [5.74, 6) is 0.0918. The van der Waals surface area contributed by atoms with E-state index in [0.717, 1.165) is 52.0 Å². The number of hydrogen-bond acceptors (Lipinski definition) is 12. The third-order valence-corrected chi connectivity index (χ3v) is 12.7. The first-order chi connectivity index (χ1) is 29.3. The van der Waals surface area contributed by atoms with E-state index in [4.69, 9.17) is 21.3 Å². The van der Waals surface area contributed by atoms with Crippen molar-refractivity contribution in [3.63, 3.8) is 0 Å². The second-order valence-corrected chi connectivity index (χ2v) is 17.2. The first-order valence-electron chi connectivity index (χ1n) is 20.9. The van der Waals surface area contributed by atoms with Gasteiger partial charge < -0.3 is 25.2 Å². The summed E-state index contributed by atoms with van der Waals surface area (Å²) in [6, 6.07) is 6.96. The van der Waals surface area contributed by atoms with Crippen LogP contribution in [-0.2, 0) is 21.4 Å². The number of pyridine rings is 2. The average molecular weight is 856 g/mol. The summed E-state index contributed by atoms with van der Waals surface area (Å²) in [5.41, 5.74) is 2.32. The minimum absolute atomic E-state index is 0.0482. The van der Waals surface area contributed by atoms with Crippen LogP contribution in [0.3, 0.4) is 0 Å². The van der Waals surface area contributed by atoms with Crippen LogP contribution < -0.4 is 31.1 Å². The van der Waals surface area contributed by atoms with Gasteiger partial charge in [0.05, 0.1) is 29.7 Å². The van der Waals surface area contributed by atoms with E-state index in [2.05, 4.69) is 47.7 Å². The highest BCUT2D eigenvalue weighted by atomic mass is 35.5. The maximum absolute atomic E-state index is 16.2. The maximum Gasteiger partial charge on any atom is 0.294 e. The number of ether oxygens (including phenoxy) is 1. The van der Waals surface area contributed by atoms with Crippen molar-refractivity contribution in [1.29, 1.82) is 0 Å². The molecule has 16 nitrogen and oxygen atoms in total. The molecule has 0 radical (unpaired) electrons. The van der Waals surface area contributed by atoms with Gasteiger partial charge in [0, 0.05) is 57.0 Å². The highest BCUT2D eigenvalue weighted by Gasteiger charge is 2.34. The highest BCUT2D eigenvalue weighted by Crippen LogP contribution is 2.38. The van der Waals surface area contributed by atoms with Crippen molar-refractivity contribution in [3.8, 4) is 5.75 Å². The first-order valence-corrected chi connectivity index (χ1v) is 21.3. The van der Waals surface area contributed by atoms with Crippen molar-refractivity contribution in [2.24, 2.45) is 18.9 Å². The monoisotopic (exact) mass is 855 g/mol. The third kappa shape index (κ3) is 8.49. The molecule has 322 valence electrons. The summed E-state index contributed by atoms with van der Waals surface area (Å²) >= 11 is 6.61. The van der Waals surface area contributed by atoms with Crippen LogP contribution in [0.1, 0.15) is 82.0 Å². The molecule has 7 heterocycles. The Morgan fingerprint density at radius 3 is 2.57 bits per heavy atom. The molecular weight excluding hydrogens is 805 g/mol. The molecule has 3 aliphatic rings. The number of fused-ring (bicyclic) bond motifs is 2. The third-order valence-electron chi connectivity index (χ3n) is 12.4. The quantitative estimate of drug-likeness (QED) is 0.149. The van der Waals surface area contributed by atoms with Crippen LogP contribution >= 0.6 is 11.6 Å². The molecule has 3 amide bonds. The van der Waals surface area contributed by atoms with Gasteiger partial charge in [-0.25, -0.2) is 14.4 Å². The molecule has 0 saturated carbocycles. The van der Waals surface area contributed by atoms with Crippen LogP contribution in [0, 0.1) is 17.7 Å². The number of anilines is 3. The largest absolute Gasteiger partial charge is 0.478 e. The molecule has 0 bridgehead atoms. The van der Waals surface area contributed by atoms with Gasteiger partial charge in [-0.15, -0.1) is 0 Å². The molecule has 61 heavy (non-hydrogen) atoms. The van der Waals surface area contributed by atoms with Gasteiger partial charge >= 0.3 is 0 Å². The van der Waals surface area contributed by atoms with Crippen molar-refractivity contribution in [2.45, 2.75) is 70.8 Å². The number of carbonyl (C=O) groups is 3. The molecule has 8 rings (SSSR count). The highest BCUT2D eigenvalue weighted by molar-refractivity contribution is 6.33. The first kappa shape index (κ1) is 42.0. The maximum atomic E-state index is 16.2. The Bertz CT molecular complexity index is 2570. The van der Waals surface area contributed by atoms with Crippen molar-refractivity contribution in [1.82, 2.24) is 44.8 Å². The molecule has 3 fully saturated rings. The smallest absolute Gasteiger partial charge is 0.294 e. The van der Waals surface area contributed by atoms with E-state index in [-0.39, 0.29) is 59.8 Å². The van der Waals surface area contributed by atoms with Gasteiger partial charge in [-0.2, -0.15) is 10.1 Å². The number of piperidine rings is 3. The molecule has 3 aliphatic heterocycles. The fourth-order valence-corrected chi connectivity index (χ4v) is 9.24. The number of hydrogen-bond donors (Lipinski definition) is 3. The zero-order valence-electron chi connectivity index (χ0n) is 35.0. The number of likely N-dealkylation sites (tertiary alicyclic amines) is 1. The van der Waals surface area contributed by atoms with E-state index in [1.165, 1.54) is 16.3 Å². The SMILES string of the molecule is CNC(=O)COc1cc2cc(Nc3nc(N4CC[C@H](CN5CCC(c6ccc7c(C8CCC(=O)NC8=O)nn(C)c7c6F)CC5)[C@H](C)C4)ncc3Cl)cnc2n(C(C)C)c1=O. The van der Waals surface area contributed by atoms with Crippen molar-refractivity contribution in [2.75, 3.05) is 56.6 Å². The Morgan fingerprint density at radius 1 is 1.07 bits per heavy atom. The van der Waals surface area contributed by atoms with Gasteiger partial charge in [-0.05, 0) is 88.1 Å². The average Bonchev–Trinajstić information content (AvgIpc) is 3.58. The minimum Gasteiger partial charge on any atom is -0.478 e. The molecule has 0 spiro atoms. The second-order valence-electron chi connectivity index (χ2n) is 16.8. The molecular formula is C43H51ClFN11O5. The van der Waals surface area contributed by atoms with Crippen molar-refractivity contribution >= 4 is 68.7 Å². The summed E-state index contributed by atoms with van der Waals surface area (Å²) in [6.07, 6.45) is 6.47. The zero-order chi connectivity index (χ0) is 43.1. The lowest BCUT2D eigenvalue weighted by atomic mass is 9.84. The van der Waals surface area contributed by atoms with E-state index in [0.29, 0.717) is 73.9 Å². The topological polar surface area (TPSA) is 181 Å². The lowest BCUT2D eigenvalue weighted by molar-refractivity contribution is -0.134. The van der Waals surface area contributed by atoms with E-state index in [1.54, 1.807) is 25.5 Å². The van der Waals surface area contributed by atoms with Crippen LogP contribution in [0.2, 0.25) is 5.02 Å². The number of benzene rings is 1. The molecule has 1 aromatic carbocycles. The van der Waals surface area contributed by atoms with Gasteiger partial charge in [-0.1, -0.05) is 30.7 Å². The molecule has 3 saturated heterocycles. The number of amides is 3. The van der Waals surface area contributed by atoms with Crippen LogP contribution in [-0.4, -0.2) is 98.3 Å². The minimum atomic E-state index is -0.577. The number of aryl methyl sites for hydroxylation is 1. The van der Waals surface area contributed by atoms with Crippen LogP contribution in [0.25, 0.3) is 21.9 Å². The van der Waals surface area contributed by atoms with Gasteiger partial charge in [-0.3, -0.25) is 33.7 Å². The van der Waals surface area contributed by atoms with E-state index < -0.39 is 5.92 Å². The predicted octanol–water partition coefficient (Wildman–Crippen LogP) is 5.18. The number of imide groups is 1. The molecule has 4 aromatic heterocycles. The Labute approximate surface area is 357 Å². The van der Waals surface area contributed by atoms with E-state index in [1.807, 2.05) is 32.0 Å². The number of likely N-dealkylation sites (N-methyl/N-ethyl adjacent to an activating group) is 1. The Morgan fingerprint density at radius 2 is 1.85 bits per heavy atom. The lowest BCUT2D eigenvalue weighted by Crippen LogP contribution is -2.45. The Kier molecular flexibility index (Phi) is 12.0. The van der Waals surface area contributed by atoms with E-state index in [9.17, 15) is 19.2 Å². The number of aromatic nitrogens is 6. The number of carbonyl (C=O) groups excluding carboxylic acids is 3. The number of rotatable bonds is 11. The molecule has 3 N–H and O–H groups in total. The zero-order valence-corrected chi connectivity index (χ0v) is 35.8.